The van der Waals surface area contributed by atoms with E-state index >= 15 is 0 Å². The molecule has 0 bridgehead atoms. The monoisotopic (exact) mass is 317 g/mol. The van der Waals surface area contributed by atoms with Gasteiger partial charge in [0.15, 0.2) is 5.82 Å². The van der Waals surface area contributed by atoms with Gasteiger partial charge in [0, 0.05) is 11.8 Å². The highest BCUT2D eigenvalue weighted by Crippen LogP contribution is 2.27. The lowest BCUT2D eigenvalue weighted by Gasteiger charge is -2.03. The zero-order chi connectivity index (χ0) is 11.7. The molecule has 0 atom stereocenters. The van der Waals surface area contributed by atoms with Crippen molar-refractivity contribution in [3.8, 4) is 11.4 Å². The highest BCUT2D eigenvalue weighted by Gasteiger charge is 2.06. The molecule has 0 unspecified atom stereocenters. The molecule has 2 aromatic rings. The molecule has 0 radical (unpaired) electrons. The molecule has 0 aliphatic carbocycles. The second kappa shape index (κ2) is 4.57. The maximum atomic E-state index is 5.91. The minimum absolute atomic E-state index is 0.385. The largest absolute Gasteiger partial charge is 0.383 e. The number of nitrogens with zero attached hydrogens (tertiary/aromatic N) is 2. The topological polar surface area (TPSA) is 51.8 Å². The van der Waals surface area contributed by atoms with Crippen LogP contribution < -0.4 is 5.73 Å². The molecule has 1 aromatic heterocycles. The summed E-state index contributed by atoms with van der Waals surface area (Å²) in [5.41, 5.74) is 6.44. The third-order valence-corrected chi connectivity index (χ3v) is 3.30. The first kappa shape index (κ1) is 11.6. The summed E-state index contributed by atoms with van der Waals surface area (Å²) in [4.78, 5) is 8.27. The van der Waals surface area contributed by atoms with Crippen LogP contribution >= 0.6 is 39.1 Å². The van der Waals surface area contributed by atoms with Gasteiger partial charge in [-0.05, 0) is 34.1 Å². The van der Waals surface area contributed by atoms with Crippen molar-refractivity contribution >= 4 is 44.9 Å². The molecule has 6 heteroatoms. The smallest absolute Gasteiger partial charge is 0.161 e. The maximum Gasteiger partial charge on any atom is 0.161 e. The van der Waals surface area contributed by atoms with Crippen LogP contribution in [0.5, 0.6) is 0 Å². The summed E-state index contributed by atoms with van der Waals surface area (Å²) in [6.45, 7) is 0. The first-order valence-corrected chi connectivity index (χ1v) is 5.86. The summed E-state index contributed by atoms with van der Waals surface area (Å²) in [7, 11) is 0. The summed E-state index contributed by atoms with van der Waals surface area (Å²) in [6, 6.07) is 5.18. The van der Waals surface area contributed by atoms with E-state index in [0.717, 1.165) is 5.56 Å². The Morgan fingerprint density at radius 1 is 1.19 bits per heavy atom. The zero-order valence-corrected chi connectivity index (χ0v) is 11.0. The SMILES string of the molecule is Nc1nc(-c2ccc(Cl)c(Cl)c2)ncc1Br. The van der Waals surface area contributed by atoms with Crippen molar-refractivity contribution < 1.29 is 0 Å². The number of nitrogens with two attached hydrogens (primary N) is 1. The van der Waals surface area contributed by atoms with Crippen molar-refractivity contribution in [2.45, 2.75) is 0 Å². The number of rotatable bonds is 1. The van der Waals surface area contributed by atoms with Gasteiger partial charge in [-0.25, -0.2) is 9.97 Å². The van der Waals surface area contributed by atoms with Gasteiger partial charge in [0.05, 0.1) is 14.5 Å². The van der Waals surface area contributed by atoms with Crippen LogP contribution in [0.1, 0.15) is 0 Å². The Hall–Kier alpha value is -0.840. The number of hydrogen-bond donors (Lipinski definition) is 1. The van der Waals surface area contributed by atoms with Crippen molar-refractivity contribution in [3.63, 3.8) is 0 Å². The lowest BCUT2D eigenvalue weighted by Crippen LogP contribution is -1.96. The summed E-state index contributed by atoms with van der Waals surface area (Å²) in [5.74, 6) is 0.898. The number of nitrogen functional groups attached to an aromatic ring is 1. The number of anilines is 1. The third kappa shape index (κ3) is 2.29. The molecule has 0 aliphatic heterocycles. The van der Waals surface area contributed by atoms with Crippen LogP contribution in [0, 0.1) is 0 Å². The predicted molar refractivity (Wildman–Crippen MR) is 69.6 cm³/mol. The lowest BCUT2D eigenvalue weighted by molar-refractivity contribution is 1.17. The van der Waals surface area contributed by atoms with Gasteiger partial charge in [0.25, 0.3) is 0 Å². The molecule has 2 rings (SSSR count). The Kier molecular flexibility index (Phi) is 3.33. The molecule has 0 aliphatic rings. The highest BCUT2D eigenvalue weighted by molar-refractivity contribution is 9.10. The molecule has 3 nitrogen and oxygen atoms in total. The minimum Gasteiger partial charge on any atom is -0.383 e. The van der Waals surface area contributed by atoms with Crippen LogP contribution in [0.25, 0.3) is 11.4 Å². The normalized spacial score (nSPS) is 10.4. The molecule has 0 amide bonds. The highest BCUT2D eigenvalue weighted by atomic mass is 79.9. The van der Waals surface area contributed by atoms with Crippen LogP contribution in [0.4, 0.5) is 5.82 Å². The van der Waals surface area contributed by atoms with Gasteiger partial charge in [0.1, 0.15) is 5.82 Å². The maximum absolute atomic E-state index is 5.91. The van der Waals surface area contributed by atoms with Crippen molar-refractivity contribution in [2.75, 3.05) is 5.73 Å². The quantitative estimate of drug-likeness (QED) is 0.870. The molecule has 0 saturated heterocycles. The molecule has 1 aromatic carbocycles. The van der Waals surface area contributed by atoms with Crippen LogP contribution in [0.2, 0.25) is 10.0 Å². The van der Waals surface area contributed by atoms with E-state index in [4.69, 9.17) is 28.9 Å². The summed E-state index contributed by atoms with van der Waals surface area (Å²) in [6.07, 6.45) is 1.60. The molecule has 0 fully saturated rings. The first-order chi connectivity index (χ1) is 7.58. The number of hydrogen-bond acceptors (Lipinski definition) is 3. The minimum atomic E-state index is 0.385. The molecule has 1 heterocycles. The Bertz CT molecular complexity index is 496. The number of aromatic nitrogens is 2. The average Bonchev–Trinajstić information content (AvgIpc) is 2.26. The fourth-order valence-corrected chi connectivity index (χ4v) is 1.64. The molecule has 0 saturated carbocycles. The Labute approximate surface area is 111 Å². The van der Waals surface area contributed by atoms with E-state index in [1.165, 1.54) is 0 Å². The van der Waals surface area contributed by atoms with E-state index in [1.54, 1.807) is 24.4 Å². The molecular weight excluding hydrogens is 313 g/mol. The van der Waals surface area contributed by atoms with Crippen molar-refractivity contribution in [3.05, 3.63) is 38.9 Å². The fourth-order valence-electron chi connectivity index (χ4n) is 1.15. The number of halogens is 3. The molecule has 0 spiro atoms. The number of benzene rings is 1. The van der Waals surface area contributed by atoms with E-state index in [2.05, 4.69) is 25.9 Å². The second-order valence-electron chi connectivity index (χ2n) is 3.06. The van der Waals surface area contributed by atoms with E-state index in [-0.39, 0.29) is 0 Å². The van der Waals surface area contributed by atoms with Crippen LogP contribution in [0.15, 0.2) is 28.9 Å². The lowest BCUT2D eigenvalue weighted by atomic mass is 10.2. The summed E-state index contributed by atoms with van der Waals surface area (Å²) < 4.78 is 0.663. The molecule has 82 valence electrons. The van der Waals surface area contributed by atoms with Gasteiger partial charge in [-0.2, -0.15) is 0 Å². The zero-order valence-electron chi connectivity index (χ0n) is 7.92. The van der Waals surface area contributed by atoms with Gasteiger partial charge in [0.2, 0.25) is 0 Å². The third-order valence-electron chi connectivity index (χ3n) is 1.95. The standard InChI is InChI=1S/C10H6BrCl2N3/c11-6-4-15-10(16-9(6)14)5-1-2-7(12)8(13)3-5/h1-4H,(H2,14,15,16). The molecule has 16 heavy (non-hydrogen) atoms. The van der Waals surface area contributed by atoms with E-state index in [1.807, 2.05) is 0 Å². The van der Waals surface area contributed by atoms with Crippen LogP contribution in [-0.4, -0.2) is 9.97 Å². The Morgan fingerprint density at radius 2 is 1.94 bits per heavy atom. The summed E-state index contributed by atoms with van der Waals surface area (Å²) >= 11 is 15.0. The average molecular weight is 319 g/mol. The van der Waals surface area contributed by atoms with Crippen LogP contribution in [-0.2, 0) is 0 Å². The van der Waals surface area contributed by atoms with Gasteiger partial charge in [-0.3, -0.25) is 0 Å². The second-order valence-corrected chi connectivity index (χ2v) is 4.72. The van der Waals surface area contributed by atoms with Crippen molar-refractivity contribution in [1.82, 2.24) is 9.97 Å². The van der Waals surface area contributed by atoms with Gasteiger partial charge >= 0.3 is 0 Å². The molecule has 2 N–H and O–H groups in total. The fraction of sp³-hybridized carbons (Fsp3) is 0. The first-order valence-electron chi connectivity index (χ1n) is 4.31. The van der Waals surface area contributed by atoms with Gasteiger partial charge < -0.3 is 5.73 Å². The van der Waals surface area contributed by atoms with E-state index < -0.39 is 0 Å². The molecular formula is C10H6BrCl2N3. The Balaban J connectivity index is 2.50. The van der Waals surface area contributed by atoms with Gasteiger partial charge in [-0.1, -0.05) is 23.2 Å². The Morgan fingerprint density at radius 3 is 2.56 bits per heavy atom. The van der Waals surface area contributed by atoms with Gasteiger partial charge in [-0.15, -0.1) is 0 Å². The van der Waals surface area contributed by atoms with Crippen molar-refractivity contribution in [1.29, 1.82) is 0 Å². The van der Waals surface area contributed by atoms with Crippen LogP contribution in [0.3, 0.4) is 0 Å². The van der Waals surface area contributed by atoms with E-state index in [9.17, 15) is 0 Å². The summed E-state index contributed by atoms with van der Waals surface area (Å²) in [5, 5.41) is 0.958. The van der Waals surface area contributed by atoms with Crippen molar-refractivity contribution in [2.24, 2.45) is 0 Å². The predicted octanol–water partition coefficient (Wildman–Crippen LogP) is 3.80. The van der Waals surface area contributed by atoms with E-state index in [0.29, 0.717) is 26.2 Å².